The van der Waals surface area contributed by atoms with E-state index in [1.807, 2.05) is 0 Å². The maximum atomic E-state index is 12.4. The number of ether oxygens (including phenoxy) is 2. The van der Waals surface area contributed by atoms with Gasteiger partial charge in [-0.1, -0.05) is 109 Å². The summed E-state index contributed by atoms with van der Waals surface area (Å²) >= 11 is 0. The first kappa shape index (κ1) is 40.5. The third-order valence-corrected chi connectivity index (χ3v) is 7.56. The van der Waals surface area contributed by atoms with Gasteiger partial charge in [0.05, 0.1) is 13.2 Å². The molecule has 0 radical (unpaired) electrons. The maximum absolute atomic E-state index is 12.4. The molecule has 2 unspecified atom stereocenters. The third-order valence-electron chi connectivity index (χ3n) is 6.57. The lowest BCUT2D eigenvalue weighted by atomic mass is 10.1. The molecule has 3 N–H and O–H groups in total. The number of carbonyl (C=O) groups is 2. The molecule has 0 aliphatic rings. The Bertz CT molecular complexity index is 759. The van der Waals surface area contributed by atoms with Gasteiger partial charge in [0.1, 0.15) is 6.61 Å². The second-order valence-corrected chi connectivity index (χ2v) is 12.1. The third kappa shape index (κ3) is 28.6. The molecule has 9 nitrogen and oxygen atoms in total. The number of rotatable bonds is 30. The predicted octanol–water partition coefficient (Wildman–Crippen LogP) is 8.10. The highest BCUT2D eigenvalue weighted by Gasteiger charge is 2.25. The lowest BCUT2D eigenvalue weighted by Crippen LogP contribution is -2.29. The Morgan fingerprint density at radius 3 is 1.90 bits per heavy atom. The molecule has 42 heavy (non-hydrogen) atoms. The normalized spacial score (nSPS) is 13.9. The summed E-state index contributed by atoms with van der Waals surface area (Å²) in [7, 11) is -4.36. The largest absolute Gasteiger partial charge is 0.472 e. The van der Waals surface area contributed by atoms with E-state index < -0.39 is 32.5 Å². The van der Waals surface area contributed by atoms with Crippen molar-refractivity contribution in [3.05, 3.63) is 24.3 Å². The number of allylic oxidation sites excluding steroid dienone is 4. The van der Waals surface area contributed by atoms with E-state index in [1.165, 1.54) is 38.5 Å². The van der Waals surface area contributed by atoms with Gasteiger partial charge >= 0.3 is 19.8 Å². The van der Waals surface area contributed by atoms with E-state index in [2.05, 4.69) is 38.2 Å². The van der Waals surface area contributed by atoms with Crippen LogP contribution in [0, 0.1) is 0 Å². The zero-order valence-electron chi connectivity index (χ0n) is 26.5. The molecular weight excluding hydrogens is 557 g/mol. The Morgan fingerprint density at radius 2 is 1.29 bits per heavy atom. The van der Waals surface area contributed by atoms with Crippen LogP contribution in [0.25, 0.3) is 0 Å². The minimum absolute atomic E-state index is 0.0517. The van der Waals surface area contributed by atoms with Gasteiger partial charge in [-0.3, -0.25) is 18.6 Å². The summed E-state index contributed by atoms with van der Waals surface area (Å²) in [6.45, 7) is 3.58. The summed E-state index contributed by atoms with van der Waals surface area (Å²) in [5.74, 6) is -0.853. The molecule has 0 heterocycles. The zero-order chi connectivity index (χ0) is 31.2. The summed E-state index contributed by atoms with van der Waals surface area (Å²) in [5.41, 5.74) is 5.30. The molecule has 0 aliphatic heterocycles. The highest BCUT2D eigenvalue weighted by Crippen LogP contribution is 2.43. The standard InChI is InChI=1S/C32H60NO8P/c1-3-5-7-9-11-13-14-15-16-17-19-21-23-25-32(35)41-30(29-40-42(36,37)39-27-26-33)28-38-31(34)24-22-20-18-12-10-8-6-4-2/h7,9,13-14,30H,3-6,8,10-12,15-29,33H2,1-2H3,(H,36,37)/b9-7-,14-13-. The lowest BCUT2D eigenvalue weighted by Gasteiger charge is -2.19. The fourth-order valence-corrected chi connectivity index (χ4v) is 4.91. The first-order valence-corrected chi connectivity index (χ1v) is 17.8. The maximum Gasteiger partial charge on any atom is 0.472 e. The highest BCUT2D eigenvalue weighted by molar-refractivity contribution is 7.47. The van der Waals surface area contributed by atoms with Crippen LogP contribution in [-0.2, 0) is 32.7 Å². The summed E-state index contributed by atoms with van der Waals surface area (Å²) in [6, 6.07) is 0. The van der Waals surface area contributed by atoms with Crippen LogP contribution in [0.5, 0.6) is 0 Å². The monoisotopic (exact) mass is 617 g/mol. The number of hydrogen-bond donors (Lipinski definition) is 2. The first-order chi connectivity index (χ1) is 20.3. The molecule has 10 heteroatoms. The van der Waals surface area contributed by atoms with Crippen molar-refractivity contribution >= 4 is 19.8 Å². The lowest BCUT2D eigenvalue weighted by molar-refractivity contribution is -0.161. The molecule has 2 atom stereocenters. The average molecular weight is 618 g/mol. The zero-order valence-corrected chi connectivity index (χ0v) is 27.4. The number of phosphoric ester groups is 1. The molecular formula is C32H60NO8P. The van der Waals surface area contributed by atoms with Crippen molar-refractivity contribution in [2.45, 2.75) is 142 Å². The number of hydrogen-bond acceptors (Lipinski definition) is 8. The van der Waals surface area contributed by atoms with E-state index in [0.717, 1.165) is 64.2 Å². The van der Waals surface area contributed by atoms with Gasteiger partial charge in [0.25, 0.3) is 0 Å². The van der Waals surface area contributed by atoms with Crippen LogP contribution in [0.1, 0.15) is 136 Å². The molecule has 0 aliphatic carbocycles. The van der Waals surface area contributed by atoms with Crippen molar-refractivity contribution < 1.29 is 37.6 Å². The van der Waals surface area contributed by atoms with E-state index in [4.69, 9.17) is 24.3 Å². The van der Waals surface area contributed by atoms with Crippen molar-refractivity contribution in [2.24, 2.45) is 5.73 Å². The smallest absolute Gasteiger partial charge is 0.462 e. The number of phosphoric acid groups is 1. The molecule has 0 aromatic heterocycles. The quantitative estimate of drug-likeness (QED) is 0.0355. The Hall–Kier alpha value is -1.51. The SMILES string of the molecule is CCC/C=C\C/C=C\CCCCCCCC(=O)OC(COC(=O)CCCCCCCCCC)COP(=O)(O)OCCN. The average Bonchev–Trinajstić information content (AvgIpc) is 2.97. The molecule has 0 aromatic rings. The van der Waals surface area contributed by atoms with Crippen LogP contribution in [0.15, 0.2) is 24.3 Å². The molecule has 0 saturated carbocycles. The van der Waals surface area contributed by atoms with E-state index in [0.29, 0.717) is 6.42 Å². The minimum atomic E-state index is -4.36. The molecule has 246 valence electrons. The van der Waals surface area contributed by atoms with Crippen LogP contribution < -0.4 is 5.73 Å². The van der Waals surface area contributed by atoms with Gasteiger partial charge in [0, 0.05) is 19.4 Å². The van der Waals surface area contributed by atoms with E-state index in [-0.39, 0.29) is 32.6 Å². The van der Waals surface area contributed by atoms with Gasteiger partial charge < -0.3 is 20.1 Å². The molecule has 0 fully saturated rings. The number of carbonyl (C=O) groups excluding carboxylic acids is 2. The minimum Gasteiger partial charge on any atom is -0.462 e. The Balaban J connectivity index is 4.33. The van der Waals surface area contributed by atoms with Crippen LogP contribution in [0.2, 0.25) is 0 Å². The molecule has 0 saturated heterocycles. The predicted molar refractivity (Wildman–Crippen MR) is 169 cm³/mol. The highest BCUT2D eigenvalue weighted by atomic mass is 31.2. The first-order valence-electron chi connectivity index (χ1n) is 16.3. The van der Waals surface area contributed by atoms with Gasteiger partial charge in [0.15, 0.2) is 6.10 Å². The Labute approximate surface area is 255 Å². The molecule has 0 spiro atoms. The van der Waals surface area contributed by atoms with Crippen LogP contribution >= 0.6 is 7.82 Å². The van der Waals surface area contributed by atoms with Crippen molar-refractivity contribution in [2.75, 3.05) is 26.4 Å². The van der Waals surface area contributed by atoms with E-state index in [9.17, 15) is 19.0 Å². The van der Waals surface area contributed by atoms with Crippen molar-refractivity contribution in [1.29, 1.82) is 0 Å². The van der Waals surface area contributed by atoms with Crippen molar-refractivity contribution in [1.82, 2.24) is 0 Å². The van der Waals surface area contributed by atoms with Crippen molar-refractivity contribution in [3.63, 3.8) is 0 Å². The van der Waals surface area contributed by atoms with Crippen LogP contribution in [0.3, 0.4) is 0 Å². The Kier molecular flexibility index (Phi) is 28.5. The van der Waals surface area contributed by atoms with Crippen molar-refractivity contribution in [3.8, 4) is 0 Å². The van der Waals surface area contributed by atoms with Gasteiger partial charge in [-0.05, 0) is 38.5 Å². The second kappa shape index (κ2) is 29.6. The second-order valence-electron chi connectivity index (χ2n) is 10.7. The van der Waals surface area contributed by atoms with Gasteiger partial charge in [-0.15, -0.1) is 0 Å². The topological polar surface area (TPSA) is 134 Å². The van der Waals surface area contributed by atoms with Crippen LogP contribution in [0.4, 0.5) is 0 Å². The van der Waals surface area contributed by atoms with Crippen LogP contribution in [-0.4, -0.2) is 49.3 Å². The summed E-state index contributed by atoms with van der Waals surface area (Å²) in [5, 5.41) is 0. The van der Waals surface area contributed by atoms with E-state index in [1.54, 1.807) is 0 Å². The van der Waals surface area contributed by atoms with Gasteiger partial charge in [0.2, 0.25) is 0 Å². The van der Waals surface area contributed by atoms with Gasteiger partial charge in [-0.2, -0.15) is 0 Å². The summed E-state index contributed by atoms with van der Waals surface area (Å²) in [6.07, 6.45) is 26.5. The fourth-order valence-electron chi connectivity index (χ4n) is 4.14. The molecule has 0 aromatic carbocycles. The number of nitrogens with two attached hydrogens (primary N) is 1. The fraction of sp³-hybridized carbons (Fsp3) is 0.812. The summed E-state index contributed by atoms with van der Waals surface area (Å²) in [4.78, 5) is 34.4. The molecule has 0 amide bonds. The number of esters is 2. The summed E-state index contributed by atoms with van der Waals surface area (Å²) < 4.78 is 32.4. The molecule has 0 bridgehead atoms. The van der Waals surface area contributed by atoms with E-state index >= 15 is 0 Å². The van der Waals surface area contributed by atoms with Gasteiger partial charge in [-0.25, -0.2) is 4.57 Å². The number of unbranched alkanes of at least 4 members (excludes halogenated alkanes) is 13. The molecule has 0 rings (SSSR count). The Morgan fingerprint density at radius 1 is 0.714 bits per heavy atom.